The average Bonchev–Trinajstić information content (AvgIpc) is 3.53. The van der Waals surface area contributed by atoms with Gasteiger partial charge in [-0.05, 0) is 55.5 Å². The molecule has 0 saturated heterocycles. The van der Waals surface area contributed by atoms with Crippen LogP contribution in [-0.4, -0.2) is 49.9 Å². The number of nitrogens with two attached hydrogens (primary N) is 1. The number of halogens is 3. The molecule has 13 heteroatoms. The summed E-state index contributed by atoms with van der Waals surface area (Å²) >= 11 is 0. The van der Waals surface area contributed by atoms with Crippen molar-refractivity contribution in [2.24, 2.45) is 5.14 Å². The Balaban J connectivity index is 1.82. The van der Waals surface area contributed by atoms with E-state index >= 15 is 0 Å². The number of aromatic amines is 1. The molecule has 1 atom stereocenters. The second-order valence-electron chi connectivity index (χ2n) is 8.43. The number of hydrogen-bond donors (Lipinski definition) is 2. The van der Waals surface area contributed by atoms with Crippen LogP contribution in [-0.2, 0) is 20.0 Å². The van der Waals surface area contributed by atoms with Crippen LogP contribution in [0.2, 0.25) is 0 Å². The number of fused-ring (bicyclic) bond motifs is 1. The molecular weight excluding hydrogens is 505 g/mol. The lowest BCUT2D eigenvalue weighted by Crippen LogP contribution is -2.47. The molecule has 0 unspecified atom stereocenters. The first kappa shape index (κ1) is 25.4. The lowest BCUT2D eigenvalue weighted by molar-refractivity contribution is -0.165. The summed E-state index contributed by atoms with van der Waals surface area (Å²) in [6, 6.07) is 7.29. The zero-order valence-corrected chi connectivity index (χ0v) is 20.2. The third-order valence-corrected chi connectivity index (χ3v) is 8.81. The molecule has 1 aliphatic carbocycles. The van der Waals surface area contributed by atoms with E-state index < -0.39 is 48.7 Å². The van der Waals surface area contributed by atoms with Gasteiger partial charge in [-0.3, -0.25) is 0 Å². The fourth-order valence-corrected chi connectivity index (χ4v) is 6.65. The van der Waals surface area contributed by atoms with Gasteiger partial charge in [-0.15, -0.1) is 6.58 Å². The monoisotopic (exact) mass is 528 g/mol. The molecule has 1 fully saturated rings. The number of pyridine rings is 1. The number of rotatable bonds is 8. The summed E-state index contributed by atoms with van der Waals surface area (Å²) in [5.41, 5.74) is 2.42. The van der Waals surface area contributed by atoms with E-state index in [9.17, 15) is 30.0 Å². The molecule has 3 N–H and O–H groups in total. The lowest BCUT2D eigenvalue weighted by Gasteiger charge is -2.29. The highest BCUT2D eigenvalue weighted by molar-refractivity contribution is 7.92. The molecule has 3 aromatic rings. The molecule has 0 bridgehead atoms. The van der Waals surface area contributed by atoms with Gasteiger partial charge in [-0.1, -0.05) is 18.2 Å². The first-order valence-corrected chi connectivity index (χ1v) is 13.6. The number of nitrogens with one attached hydrogen (secondary N) is 1. The van der Waals surface area contributed by atoms with E-state index in [2.05, 4.69) is 16.5 Å². The normalized spacial score (nSPS) is 16.1. The number of aromatic nitrogens is 2. The maximum atomic E-state index is 13.4. The van der Waals surface area contributed by atoms with E-state index in [1.54, 1.807) is 6.07 Å². The number of benzene rings is 1. The largest absolute Gasteiger partial charge is 0.404 e. The zero-order valence-electron chi connectivity index (χ0n) is 18.6. The van der Waals surface area contributed by atoms with Gasteiger partial charge < -0.3 is 4.98 Å². The summed E-state index contributed by atoms with van der Waals surface area (Å²) in [5.74, 6) is 0.514. The standard InChI is InChI=1S/C22H23F3N4O4S2/c1-3-10-29(13(2)22(23,24)25)35(32,33)20-9-8-17(28-21(20)34(26,30)31)19-12-16-7-6-15(14-4-5-14)11-18(16)27-19/h3,6-9,11-14,27H,1,4-5,10H2,2H3,(H2,26,30,31)/t13-/m0/s1. The van der Waals surface area contributed by atoms with Gasteiger partial charge in [-0.25, -0.2) is 27.0 Å². The quantitative estimate of drug-likeness (QED) is 0.429. The summed E-state index contributed by atoms with van der Waals surface area (Å²) in [4.78, 5) is 6.14. The van der Waals surface area contributed by atoms with Crippen molar-refractivity contribution in [1.82, 2.24) is 14.3 Å². The molecule has 0 radical (unpaired) electrons. The maximum absolute atomic E-state index is 13.4. The first-order valence-electron chi connectivity index (χ1n) is 10.6. The van der Waals surface area contributed by atoms with Gasteiger partial charge in [0.25, 0.3) is 10.0 Å². The molecule has 8 nitrogen and oxygen atoms in total. The third kappa shape index (κ3) is 4.99. The van der Waals surface area contributed by atoms with Crippen molar-refractivity contribution in [3.63, 3.8) is 0 Å². The van der Waals surface area contributed by atoms with Crippen LogP contribution in [0.1, 0.15) is 31.2 Å². The molecule has 1 aromatic carbocycles. The molecule has 35 heavy (non-hydrogen) atoms. The molecule has 1 saturated carbocycles. The summed E-state index contributed by atoms with van der Waals surface area (Å²) < 4.78 is 91.2. The van der Waals surface area contributed by atoms with Crippen LogP contribution >= 0.6 is 0 Å². The van der Waals surface area contributed by atoms with E-state index in [0.29, 0.717) is 18.5 Å². The van der Waals surface area contributed by atoms with Crippen molar-refractivity contribution in [3.05, 3.63) is 54.6 Å². The van der Waals surface area contributed by atoms with E-state index in [0.717, 1.165) is 35.9 Å². The topological polar surface area (TPSA) is 126 Å². The average molecular weight is 529 g/mol. The van der Waals surface area contributed by atoms with E-state index in [1.165, 1.54) is 11.6 Å². The number of H-pyrrole nitrogens is 1. The fraction of sp³-hybridized carbons (Fsp3) is 0.318. The van der Waals surface area contributed by atoms with Crippen LogP contribution in [0.3, 0.4) is 0 Å². The molecule has 2 aromatic heterocycles. The van der Waals surface area contributed by atoms with Crippen LogP contribution in [0, 0.1) is 0 Å². The Morgan fingerprint density at radius 1 is 1.20 bits per heavy atom. The second kappa shape index (κ2) is 8.73. The predicted octanol–water partition coefficient (Wildman–Crippen LogP) is 3.88. The summed E-state index contributed by atoms with van der Waals surface area (Å²) in [7, 11) is -9.72. The molecule has 2 heterocycles. The number of sulfonamides is 2. The zero-order chi connectivity index (χ0) is 25.8. The van der Waals surface area contributed by atoms with Crippen molar-refractivity contribution >= 4 is 30.9 Å². The Hall–Kier alpha value is -2.74. The van der Waals surface area contributed by atoms with Gasteiger partial charge in [0.05, 0.1) is 11.4 Å². The number of nitrogens with zero attached hydrogens (tertiary/aromatic N) is 2. The molecular formula is C22H23F3N4O4S2. The highest BCUT2D eigenvalue weighted by Crippen LogP contribution is 2.41. The van der Waals surface area contributed by atoms with Crippen LogP contribution in [0.25, 0.3) is 22.3 Å². The molecule has 4 rings (SSSR count). The van der Waals surface area contributed by atoms with Crippen LogP contribution in [0.5, 0.6) is 0 Å². The van der Waals surface area contributed by atoms with E-state index in [1.807, 2.05) is 18.2 Å². The first-order chi connectivity index (χ1) is 16.2. The van der Waals surface area contributed by atoms with E-state index in [-0.39, 0.29) is 10.00 Å². The third-order valence-electron chi connectivity index (χ3n) is 5.87. The van der Waals surface area contributed by atoms with Gasteiger partial charge in [0.2, 0.25) is 10.0 Å². The maximum Gasteiger partial charge on any atom is 0.404 e. The lowest BCUT2D eigenvalue weighted by atomic mass is 10.1. The Kier molecular flexibility index (Phi) is 6.32. The molecule has 0 aliphatic heterocycles. The van der Waals surface area contributed by atoms with Gasteiger partial charge in [-0.2, -0.15) is 17.5 Å². The smallest absolute Gasteiger partial charge is 0.353 e. The minimum Gasteiger partial charge on any atom is -0.353 e. The van der Waals surface area contributed by atoms with Crippen molar-refractivity contribution in [1.29, 1.82) is 0 Å². The van der Waals surface area contributed by atoms with E-state index in [4.69, 9.17) is 5.14 Å². The number of primary sulfonamides is 1. The van der Waals surface area contributed by atoms with Gasteiger partial charge in [0, 0.05) is 17.4 Å². The second-order valence-corrected chi connectivity index (χ2v) is 11.8. The minimum absolute atomic E-state index is 0.0660. The Morgan fingerprint density at radius 2 is 1.89 bits per heavy atom. The summed E-state index contributed by atoms with van der Waals surface area (Å²) in [5, 5.41) is 5.03. The molecule has 0 amide bonds. The Labute approximate surface area is 200 Å². The van der Waals surface area contributed by atoms with Crippen LogP contribution in [0.4, 0.5) is 13.2 Å². The fourth-order valence-electron chi connectivity index (χ4n) is 3.81. The Bertz CT molecular complexity index is 1510. The number of alkyl halides is 3. The predicted molar refractivity (Wildman–Crippen MR) is 124 cm³/mol. The molecule has 1 aliphatic rings. The van der Waals surface area contributed by atoms with Crippen LogP contribution in [0.15, 0.2) is 59.0 Å². The highest BCUT2D eigenvalue weighted by Gasteiger charge is 2.46. The van der Waals surface area contributed by atoms with Gasteiger partial charge in [0.15, 0.2) is 5.03 Å². The van der Waals surface area contributed by atoms with Crippen molar-refractivity contribution in [2.45, 2.75) is 47.8 Å². The SMILES string of the molecule is C=CCN([C@@H](C)C(F)(F)F)S(=O)(=O)c1ccc(-c2cc3ccc(C4CC4)cc3[nH]2)nc1S(N)(=O)=O. The number of hydrogen-bond acceptors (Lipinski definition) is 5. The van der Waals surface area contributed by atoms with Crippen molar-refractivity contribution in [3.8, 4) is 11.4 Å². The van der Waals surface area contributed by atoms with Crippen LogP contribution < -0.4 is 5.14 Å². The summed E-state index contributed by atoms with van der Waals surface area (Å²) in [6.45, 7) is 3.25. The van der Waals surface area contributed by atoms with Gasteiger partial charge >= 0.3 is 6.18 Å². The van der Waals surface area contributed by atoms with Gasteiger partial charge in [0.1, 0.15) is 10.9 Å². The summed E-state index contributed by atoms with van der Waals surface area (Å²) in [6.07, 6.45) is -1.71. The molecule has 188 valence electrons. The molecule has 0 spiro atoms. The van der Waals surface area contributed by atoms with Crippen molar-refractivity contribution < 1.29 is 30.0 Å². The Morgan fingerprint density at radius 3 is 2.46 bits per heavy atom. The van der Waals surface area contributed by atoms with Crippen molar-refractivity contribution in [2.75, 3.05) is 6.54 Å². The minimum atomic E-state index is -4.98. The highest BCUT2D eigenvalue weighted by atomic mass is 32.2.